The maximum absolute atomic E-state index is 12.6. The molecular weight excluding hydrogens is 348 g/mol. The SMILES string of the molecule is O=C(Nc1ccccc1-c1ccccc1)c1cnc(-c2cccs2)s1. The molecule has 0 aliphatic rings. The number of hydrogen-bond donors (Lipinski definition) is 1. The quantitative estimate of drug-likeness (QED) is 0.499. The number of amides is 1. The Balaban J connectivity index is 1.60. The molecule has 5 heteroatoms. The third kappa shape index (κ3) is 3.38. The zero-order valence-electron chi connectivity index (χ0n) is 13.2. The van der Waals surface area contributed by atoms with Gasteiger partial charge in [-0.2, -0.15) is 0 Å². The molecule has 1 N–H and O–H groups in total. The topological polar surface area (TPSA) is 42.0 Å². The van der Waals surface area contributed by atoms with Crippen molar-refractivity contribution in [2.75, 3.05) is 5.32 Å². The fourth-order valence-electron chi connectivity index (χ4n) is 2.54. The van der Waals surface area contributed by atoms with E-state index in [1.54, 1.807) is 17.5 Å². The smallest absolute Gasteiger partial charge is 0.267 e. The first-order chi connectivity index (χ1) is 12.3. The third-order valence-electron chi connectivity index (χ3n) is 3.72. The van der Waals surface area contributed by atoms with E-state index in [1.807, 2.05) is 72.1 Å². The molecule has 0 fully saturated rings. The minimum absolute atomic E-state index is 0.135. The summed E-state index contributed by atoms with van der Waals surface area (Å²) in [6.45, 7) is 0. The number of benzene rings is 2. The maximum atomic E-state index is 12.6. The number of thiophene rings is 1. The summed E-state index contributed by atoms with van der Waals surface area (Å²) < 4.78 is 0. The van der Waals surface area contributed by atoms with Crippen LogP contribution >= 0.6 is 22.7 Å². The summed E-state index contributed by atoms with van der Waals surface area (Å²) in [7, 11) is 0. The summed E-state index contributed by atoms with van der Waals surface area (Å²) in [4.78, 5) is 18.7. The highest BCUT2D eigenvalue weighted by atomic mass is 32.1. The van der Waals surface area contributed by atoms with Gasteiger partial charge in [0.15, 0.2) is 0 Å². The molecule has 0 atom stereocenters. The van der Waals surface area contributed by atoms with E-state index in [0.717, 1.165) is 26.7 Å². The second-order valence-corrected chi connectivity index (χ2v) is 7.35. The lowest BCUT2D eigenvalue weighted by Crippen LogP contribution is -2.10. The van der Waals surface area contributed by atoms with Crippen molar-refractivity contribution in [1.82, 2.24) is 4.98 Å². The first-order valence-electron chi connectivity index (χ1n) is 7.77. The molecule has 0 unspecified atom stereocenters. The average molecular weight is 362 g/mol. The van der Waals surface area contributed by atoms with Gasteiger partial charge in [0.25, 0.3) is 5.91 Å². The van der Waals surface area contributed by atoms with Gasteiger partial charge in [0.2, 0.25) is 0 Å². The monoisotopic (exact) mass is 362 g/mol. The Bertz CT molecular complexity index is 991. The molecule has 2 aromatic heterocycles. The number of thiazole rings is 1. The van der Waals surface area contributed by atoms with E-state index in [4.69, 9.17) is 0 Å². The van der Waals surface area contributed by atoms with E-state index >= 15 is 0 Å². The third-order valence-corrected chi connectivity index (χ3v) is 5.76. The summed E-state index contributed by atoms with van der Waals surface area (Å²) in [6.07, 6.45) is 1.64. The van der Waals surface area contributed by atoms with Gasteiger partial charge in [0, 0.05) is 11.3 Å². The van der Waals surface area contributed by atoms with Gasteiger partial charge in [-0.3, -0.25) is 4.79 Å². The Hall–Kier alpha value is -2.76. The van der Waals surface area contributed by atoms with E-state index in [-0.39, 0.29) is 5.91 Å². The highest BCUT2D eigenvalue weighted by Gasteiger charge is 2.14. The highest BCUT2D eigenvalue weighted by molar-refractivity contribution is 7.22. The number of para-hydroxylation sites is 1. The molecule has 4 aromatic rings. The normalized spacial score (nSPS) is 10.6. The minimum atomic E-state index is -0.135. The molecule has 122 valence electrons. The van der Waals surface area contributed by atoms with Crippen LogP contribution in [0.2, 0.25) is 0 Å². The van der Waals surface area contributed by atoms with Crippen molar-refractivity contribution in [3.8, 4) is 21.0 Å². The van der Waals surface area contributed by atoms with Gasteiger partial charge >= 0.3 is 0 Å². The van der Waals surface area contributed by atoms with E-state index in [0.29, 0.717) is 4.88 Å². The van der Waals surface area contributed by atoms with Crippen LogP contribution in [-0.4, -0.2) is 10.9 Å². The van der Waals surface area contributed by atoms with Crippen LogP contribution in [-0.2, 0) is 0 Å². The van der Waals surface area contributed by atoms with Gasteiger partial charge in [-0.05, 0) is 23.1 Å². The molecule has 2 heterocycles. The molecule has 0 radical (unpaired) electrons. The Kier molecular flexibility index (Phi) is 4.41. The van der Waals surface area contributed by atoms with Gasteiger partial charge in [0.05, 0.1) is 11.1 Å². The van der Waals surface area contributed by atoms with Crippen molar-refractivity contribution in [2.24, 2.45) is 0 Å². The number of carbonyl (C=O) groups excluding carboxylic acids is 1. The number of rotatable bonds is 4. The number of aromatic nitrogens is 1. The van der Waals surface area contributed by atoms with Gasteiger partial charge in [-0.1, -0.05) is 54.6 Å². The van der Waals surface area contributed by atoms with E-state index < -0.39 is 0 Å². The molecule has 0 bridgehead atoms. The molecule has 2 aromatic carbocycles. The molecule has 0 spiro atoms. The van der Waals surface area contributed by atoms with Crippen molar-refractivity contribution < 1.29 is 4.79 Å². The van der Waals surface area contributed by atoms with E-state index in [1.165, 1.54) is 11.3 Å². The molecule has 3 nitrogen and oxygen atoms in total. The Labute approximate surface area is 153 Å². The fourth-order valence-corrected chi connectivity index (χ4v) is 4.15. The van der Waals surface area contributed by atoms with E-state index in [2.05, 4.69) is 10.3 Å². The summed E-state index contributed by atoms with van der Waals surface area (Å²) in [5.74, 6) is -0.135. The lowest BCUT2D eigenvalue weighted by atomic mass is 10.0. The zero-order valence-corrected chi connectivity index (χ0v) is 14.8. The van der Waals surface area contributed by atoms with Crippen molar-refractivity contribution in [1.29, 1.82) is 0 Å². The van der Waals surface area contributed by atoms with Gasteiger partial charge < -0.3 is 5.32 Å². The Morgan fingerprint density at radius 3 is 2.52 bits per heavy atom. The number of nitrogens with zero attached hydrogens (tertiary/aromatic N) is 1. The number of nitrogens with one attached hydrogen (secondary N) is 1. The second kappa shape index (κ2) is 7.01. The average Bonchev–Trinajstić information content (AvgIpc) is 3.34. The van der Waals surface area contributed by atoms with Crippen LogP contribution in [0.1, 0.15) is 9.67 Å². The number of hydrogen-bond acceptors (Lipinski definition) is 4. The molecular formula is C20H14N2OS2. The molecule has 0 aliphatic heterocycles. The van der Waals surface area contributed by atoms with Crippen LogP contribution in [0.25, 0.3) is 21.0 Å². The highest BCUT2D eigenvalue weighted by Crippen LogP contribution is 2.31. The lowest BCUT2D eigenvalue weighted by Gasteiger charge is -2.10. The predicted octanol–water partition coefficient (Wildman–Crippen LogP) is 5.79. The largest absolute Gasteiger partial charge is 0.321 e. The molecule has 25 heavy (non-hydrogen) atoms. The molecule has 0 saturated carbocycles. The standard InChI is InChI=1S/C20H14N2OS2/c23-19(18-13-21-20(25-18)17-11-6-12-24-17)22-16-10-5-4-9-15(16)14-7-2-1-3-8-14/h1-13H,(H,22,23). The molecule has 1 amide bonds. The molecule has 0 saturated heterocycles. The fraction of sp³-hybridized carbons (Fsp3) is 0. The molecule has 4 rings (SSSR count). The summed E-state index contributed by atoms with van der Waals surface area (Å²) >= 11 is 3.03. The number of anilines is 1. The summed E-state index contributed by atoms with van der Waals surface area (Å²) in [5, 5.41) is 5.90. The van der Waals surface area contributed by atoms with Crippen LogP contribution < -0.4 is 5.32 Å². The second-order valence-electron chi connectivity index (χ2n) is 5.37. The first-order valence-corrected chi connectivity index (χ1v) is 9.46. The Morgan fingerprint density at radius 2 is 1.72 bits per heavy atom. The first kappa shape index (κ1) is 15.7. The Morgan fingerprint density at radius 1 is 0.920 bits per heavy atom. The molecule has 0 aliphatic carbocycles. The lowest BCUT2D eigenvalue weighted by molar-refractivity contribution is 0.103. The van der Waals surface area contributed by atoms with Crippen molar-refractivity contribution >= 4 is 34.3 Å². The predicted molar refractivity (Wildman–Crippen MR) is 105 cm³/mol. The van der Waals surface area contributed by atoms with Gasteiger partial charge in [-0.25, -0.2) is 4.98 Å². The summed E-state index contributed by atoms with van der Waals surface area (Å²) in [6, 6.07) is 21.8. The van der Waals surface area contributed by atoms with Gasteiger partial charge in [0.1, 0.15) is 9.88 Å². The van der Waals surface area contributed by atoms with Crippen molar-refractivity contribution in [3.63, 3.8) is 0 Å². The van der Waals surface area contributed by atoms with Crippen LogP contribution in [0, 0.1) is 0 Å². The van der Waals surface area contributed by atoms with Crippen LogP contribution in [0.4, 0.5) is 5.69 Å². The van der Waals surface area contributed by atoms with Crippen LogP contribution in [0.15, 0.2) is 78.3 Å². The number of carbonyl (C=O) groups is 1. The van der Waals surface area contributed by atoms with Gasteiger partial charge in [-0.15, -0.1) is 22.7 Å². The van der Waals surface area contributed by atoms with E-state index in [9.17, 15) is 4.79 Å². The van der Waals surface area contributed by atoms with Crippen LogP contribution in [0.3, 0.4) is 0 Å². The van der Waals surface area contributed by atoms with Crippen molar-refractivity contribution in [3.05, 3.63) is 83.2 Å². The van der Waals surface area contributed by atoms with Crippen LogP contribution in [0.5, 0.6) is 0 Å². The van der Waals surface area contributed by atoms with Crippen molar-refractivity contribution in [2.45, 2.75) is 0 Å². The maximum Gasteiger partial charge on any atom is 0.267 e. The summed E-state index contributed by atoms with van der Waals surface area (Å²) in [5.41, 5.74) is 2.87. The minimum Gasteiger partial charge on any atom is -0.321 e. The zero-order chi connectivity index (χ0) is 17.1.